The lowest BCUT2D eigenvalue weighted by molar-refractivity contribution is -0.141. The van der Waals surface area contributed by atoms with Crippen LogP contribution >= 0.6 is 0 Å². The molecule has 6 rings (SSSR count). The standard InChI is InChI=1S/C24H22N2O3/c1-2-29-19-10-7-14-5-3-4-6-15(14)16(19)13-25-26-22(27)20-17-8-9-18(21(20)23(26)28)24(17)11-12-24/h3-10,13,17-18,20-21H,2,11-12H2,1H3/b25-13-/t17-,18-,20-,21-/m0/s1. The molecule has 3 fully saturated rings. The molecule has 29 heavy (non-hydrogen) atoms. The predicted octanol–water partition coefficient (Wildman–Crippen LogP) is 3.77. The van der Waals surface area contributed by atoms with E-state index in [0.29, 0.717) is 12.4 Å². The zero-order chi connectivity index (χ0) is 19.8. The van der Waals surface area contributed by atoms with Gasteiger partial charge in [-0.1, -0.05) is 42.5 Å². The van der Waals surface area contributed by atoms with Crippen LogP contribution in [-0.2, 0) is 9.59 Å². The van der Waals surface area contributed by atoms with Gasteiger partial charge in [-0.2, -0.15) is 10.1 Å². The Bertz CT molecular complexity index is 1080. The Kier molecular flexibility index (Phi) is 3.38. The SMILES string of the molecule is CCOc1ccc2ccccc2c1/C=N\N1C(=O)[C@@H]2[C@@H](C1=O)[C@@H]1C=C[C@@H]2C12CC2. The fourth-order valence-electron chi connectivity index (χ4n) is 5.98. The Labute approximate surface area is 169 Å². The number of carbonyl (C=O) groups is 2. The third-order valence-electron chi connectivity index (χ3n) is 7.36. The molecule has 2 aromatic carbocycles. The van der Waals surface area contributed by atoms with Crippen molar-refractivity contribution in [3.63, 3.8) is 0 Å². The van der Waals surface area contributed by atoms with Gasteiger partial charge in [0.1, 0.15) is 5.75 Å². The van der Waals surface area contributed by atoms with Crippen LogP contribution in [-0.4, -0.2) is 29.6 Å². The fraction of sp³-hybridized carbons (Fsp3) is 0.375. The van der Waals surface area contributed by atoms with Crippen LogP contribution in [0.3, 0.4) is 0 Å². The molecule has 146 valence electrons. The Morgan fingerprint density at radius 2 is 1.76 bits per heavy atom. The number of imide groups is 1. The quantitative estimate of drug-likeness (QED) is 0.457. The van der Waals surface area contributed by atoms with Crippen molar-refractivity contribution in [1.29, 1.82) is 0 Å². The molecule has 4 atom stereocenters. The number of nitrogens with zero attached hydrogens (tertiary/aromatic N) is 2. The van der Waals surface area contributed by atoms with E-state index in [1.165, 1.54) is 0 Å². The highest BCUT2D eigenvalue weighted by atomic mass is 16.5. The molecule has 0 unspecified atom stereocenters. The maximum atomic E-state index is 13.1. The van der Waals surface area contributed by atoms with Crippen molar-refractivity contribution in [2.45, 2.75) is 19.8 Å². The van der Waals surface area contributed by atoms with Gasteiger partial charge in [-0.05, 0) is 53.9 Å². The number of benzene rings is 2. The molecule has 2 aromatic rings. The number of allylic oxidation sites excluding steroid dienone is 2. The summed E-state index contributed by atoms with van der Waals surface area (Å²) in [5.74, 6) is 0.395. The first-order valence-electron chi connectivity index (χ1n) is 10.4. The van der Waals surface area contributed by atoms with Crippen LogP contribution in [0, 0.1) is 29.1 Å². The van der Waals surface area contributed by atoms with Crippen LogP contribution in [0.1, 0.15) is 25.3 Å². The minimum atomic E-state index is -0.226. The highest BCUT2D eigenvalue weighted by Crippen LogP contribution is 2.73. The molecule has 4 aliphatic rings. The van der Waals surface area contributed by atoms with Crippen LogP contribution in [0.15, 0.2) is 53.7 Å². The van der Waals surface area contributed by atoms with Crippen molar-refractivity contribution in [1.82, 2.24) is 5.01 Å². The lowest BCUT2D eigenvalue weighted by Gasteiger charge is -2.19. The van der Waals surface area contributed by atoms with E-state index in [9.17, 15) is 9.59 Å². The molecule has 2 amide bonds. The molecule has 0 N–H and O–H groups in total. The van der Waals surface area contributed by atoms with Crippen molar-refractivity contribution >= 4 is 28.8 Å². The topological polar surface area (TPSA) is 59.0 Å². The fourth-order valence-corrected chi connectivity index (χ4v) is 5.98. The summed E-state index contributed by atoms with van der Waals surface area (Å²) in [5.41, 5.74) is 0.996. The Morgan fingerprint density at radius 3 is 2.41 bits per heavy atom. The summed E-state index contributed by atoms with van der Waals surface area (Å²) in [5, 5.41) is 7.57. The van der Waals surface area contributed by atoms with E-state index >= 15 is 0 Å². The van der Waals surface area contributed by atoms with Crippen molar-refractivity contribution < 1.29 is 14.3 Å². The van der Waals surface area contributed by atoms with Gasteiger partial charge < -0.3 is 4.74 Å². The summed E-state index contributed by atoms with van der Waals surface area (Å²) in [7, 11) is 0. The molecule has 2 saturated carbocycles. The normalized spacial score (nSPS) is 30.9. The van der Waals surface area contributed by atoms with Gasteiger partial charge in [0, 0.05) is 5.56 Å². The molecular weight excluding hydrogens is 364 g/mol. The Hall–Kier alpha value is -2.95. The average Bonchev–Trinajstić information content (AvgIpc) is 3.34. The third-order valence-corrected chi connectivity index (χ3v) is 7.36. The Balaban J connectivity index is 1.37. The number of hydrogen-bond donors (Lipinski definition) is 0. The van der Waals surface area contributed by atoms with Gasteiger partial charge in [-0.15, -0.1) is 0 Å². The average molecular weight is 386 g/mol. The van der Waals surface area contributed by atoms with E-state index < -0.39 is 0 Å². The molecule has 1 aliphatic heterocycles. The van der Waals surface area contributed by atoms with E-state index in [1.807, 2.05) is 43.3 Å². The van der Waals surface area contributed by atoms with Crippen LogP contribution in [0.4, 0.5) is 0 Å². The third kappa shape index (κ3) is 2.13. The number of rotatable bonds is 4. The minimum Gasteiger partial charge on any atom is -0.493 e. The molecule has 5 heteroatoms. The first-order valence-corrected chi connectivity index (χ1v) is 10.4. The number of carbonyl (C=O) groups excluding carboxylic acids is 2. The van der Waals surface area contributed by atoms with E-state index in [1.54, 1.807) is 6.21 Å². The van der Waals surface area contributed by atoms with Gasteiger partial charge in [0.15, 0.2) is 0 Å². The first-order chi connectivity index (χ1) is 14.2. The molecule has 1 spiro atoms. The molecule has 1 saturated heterocycles. The van der Waals surface area contributed by atoms with E-state index in [2.05, 4.69) is 17.3 Å². The molecule has 1 heterocycles. The number of fused-ring (bicyclic) bond motifs is 4. The van der Waals surface area contributed by atoms with Crippen molar-refractivity contribution in [2.24, 2.45) is 34.2 Å². The largest absolute Gasteiger partial charge is 0.493 e. The zero-order valence-corrected chi connectivity index (χ0v) is 16.2. The van der Waals surface area contributed by atoms with Gasteiger partial charge in [0.05, 0.1) is 24.7 Å². The van der Waals surface area contributed by atoms with Crippen LogP contribution in [0.25, 0.3) is 10.8 Å². The molecule has 2 bridgehead atoms. The van der Waals surface area contributed by atoms with Crippen molar-refractivity contribution in [3.8, 4) is 5.75 Å². The molecule has 0 radical (unpaired) electrons. The number of hydrogen-bond acceptors (Lipinski definition) is 4. The number of amides is 2. The van der Waals surface area contributed by atoms with Gasteiger partial charge >= 0.3 is 0 Å². The lowest BCUT2D eigenvalue weighted by Crippen LogP contribution is -2.30. The van der Waals surface area contributed by atoms with Crippen LogP contribution < -0.4 is 4.74 Å². The maximum Gasteiger partial charge on any atom is 0.254 e. The summed E-state index contributed by atoms with van der Waals surface area (Å²) < 4.78 is 5.78. The molecule has 5 nitrogen and oxygen atoms in total. The summed E-state index contributed by atoms with van der Waals surface area (Å²) >= 11 is 0. The summed E-state index contributed by atoms with van der Waals surface area (Å²) in [6.07, 6.45) is 8.25. The number of hydrazone groups is 1. The molecule has 0 aromatic heterocycles. The first kappa shape index (κ1) is 17.0. The van der Waals surface area contributed by atoms with Crippen LogP contribution in [0.2, 0.25) is 0 Å². The molecular formula is C24H22N2O3. The Morgan fingerprint density at radius 1 is 1.07 bits per heavy atom. The highest BCUT2D eigenvalue weighted by Gasteiger charge is 2.73. The lowest BCUT2D eigenvalue weighted by atomic mass is 9.85. The zero-order valence-electron chi connectivity index (χ0n) is 16.2. The second-order valence-corrected chi connectivity index (χ2v) is 8.59. The predicted molar refractivity (Wildman–Crippen MR) is 109 cm³/mol. The smallest absolute Gasteiger partial charge is 0.254 e. The van der Waals surface area contributed by atoms with E-state index in [4.69, 9.17) is 4.74 Å². The number of ether oxygens (including phenoxy) is 1. The van der Waals surface area contributed by atoms with Gasteiger partial charge in [0.25, 0.3) is 11.8 Å². The van der Waals surface area contributed by atoms with Crippen molar-refractivity contribution in [3.05, 3.63) is 54.1 Å². The van der Waals surface area contributed by atoms with E-state index in [-0.39, 0.29) is 40.9 Å². The monoisotopic (exact) mass is 386 g/mol. The van der Waals surface area contributed by atoms with Gasteiger partial charge in [0.2, 0.25) is 0 Å². The summed E-state index contributed by atoms with van der Waals surface area (Å²) in [6, 6.07) is 11.9. The minimum absolute atomic E-state index is 0.141. The van der Waals surface area contributed by atoms with Crippen molar-refractivity contribution in [2.75, 3.05) is 6.61 Å². The summed E-state index contributed by atoms with van der Waals surface area (Å²) in [6.45, 7) is 2.46. The maximum absolute atomic E-state index is 13.1. The second-order valence-electron chi connectivity index (χ2n) is 8.59. The van der Waals surface area contributed by atoms with Gasteiger partial charge in [-0.3, -0.25) is 9.59 Å². The molecule has 3 aliphatic carbocycles. The van der Waals surface area contributed by atoms with E-state index in [0.717, 1.165) is 34.2 Å². The second kappa shape index (κ2) is 5.78. The van der Waals surface area contributed by atoms with Gasteiger partial charge in [-0.25, -0.2) is 0 Å². The van der Waals surface area contributed by atoms with Crippen LogP contribution in [0.5, 0.6) is 5.75 Å². The summed E-state index contributed by atoms with van der Waals surface area (Å²) in [4.78, 5) is 26.2. The highest BCUT2D eigenvalue weighted by molar-refractivity contribution is 6.08.